The second-order valence-corrected chi connectivity index (χ2v) is 7.62. The molecule has 0 heterocycles. The summed E-state index contributed by atoms with van der Waals surface area (Å²) in [6, 6.07) is 3.76. The van der Waals surface area contributed by atoms with Gasteiger partial charge in [-0.1, -0.05) is 41.5 Å². The minimum absolute atomic E-state index is 0.254. The topological polar surface area (TPSA) is 55.8 Å². The Morgan fingerprint density at radius 3 is 1.78 bits per heavy atom. The zero-order valence-corrected chi connectivity index (χ0v) is 15.4. The molecule has 0 amide bonds. The molecule has 0 spiro atoms. The fraction of sp³-hybridized carbons (Fsp3) is 0.526. The average molecular weight is 320 g/mol. The van der Waals surface area contributed by atoms with Gasteiger partial charge in [0.2, 0.25) is 0 Å². The second-order valence-electron chi connectivity index (χ2n) is 7.62. The monoisotopic (exact) mass is 320 g/mol. The number of esters is 1. The van der Waals surface area contributed by atoms with Crippen LogP contribution in [0.1, 0.15) is 59.6 Å². The molecule has 0 unspecified atom stereocenters. The van der Waals surface area contributed by atoms with Crippen molar-refractivity contribution >= 4 is 5.97 Å². The fourth-order valence-corrected chi connectivity index (χ4v) is 2.21. The summed E-state index contributed by atoms with van der Waals surface area (Å²) in [5.74, 6) is 0.0494. The van der Waals surface area contributed by atoms with Gasteiger partial charge in [0.25, 0.3) is 0 Å². The number of rotatable bonds is 3. The standard InChI is InChI=1S/C19H28O4/c1-9-15(20)17(21)23-16-13(18(2,3)4)10-12(22-8)11-14(16)19(5,6)7/h9-11,20H,1-8H3/b15-9-. The SMILES string of the molecule is C/C=C(\O)C(=O)Oc1c(C(C)(C)C)cc(OC)cc1C(C)(C)C. The number of carbonyl (C=O) groups is 1. The van der Waals surface area contributed by atoms with E-state index in [-0.39, 0.29) is 10.8 Å². The van der Waals surface area contributed by atoms with Crippen LogP contribution in [0.2, 0.25) is 0 Å². The van der Waals surface area contributed by atoms with E-state index < -0.39 is 11.7 Å². The third-order valence-corrected chi connectivity index (χ3v) is 3.59. The lowest BCUT2D eigenvalue weighted by Crippen LogP contribution is -2.22. The maximum atomic E-state index is 12.1. The minimum atomic E-state index is -0.756. The minimum Gasteiger partial charge on any atom is -0.502 e. The third kappa shape index (κ3) is 4.50. The summed E-state index contributed by atoms with van der Waals surface area (Å²) in [7, 11) is 1.62. The predicted octanol–water partition coefficient (Wildman–Crippen LogP) is 4.66. The van der Waals surface area contributed by atoms with Crippen LogP contribution in [0.15, 0.2) is 24.0 Å². The van der Waals surface area contributed by atoms with Crippen LogP contribution in [0, 0.1) is 0 Å². The Hall–Kier alpha value is -1.97. The van der Waals surface area contributed by atoms with Crippen LogP contribution in [0.4, 0.5) is 0 Å². The molecule has 1 rings (SSSR count). The number of ether oxygens (including phenoxy) is 2. The molecule has 0 aliphatic carbocycles. The highest BCUT2D eigenvalue weighted by molar-refractivity contribution is 5.88. The molecule has 0 aromatic heterocycles. The Morgan fingerprint density at radius 1 is 1.04 bits per heavy atom. The van der Waals surface area contributed by atoms with Crippen LogP contribution in [-0.4, -0.2) is 18.2 Å². The molecule has 0 aliphatic rings. The Labute approximate surface area is 139 Å². The van der Waals surface area contributed by atoms with Gasteiger partial charge in [-0.15, -0.1) is 0 Å². The first-order chi connectivity index (χ1) is 10.4. The van der Waals surface area contributed by atoms with E-state index in [4.69, 9.17) is 9.47 Å². The van der Waals surface area contributed by atoms with Crippen LogP contribution in [0.5, 0.6) is 11.5 Å². The summed E-state index contributed by atoms with van der Waals surface area (Å²) in [4.78, 5) is 12.1. The summed E-state index contributed by atoms with van der Waals surface area (Å²) in [5, 5.41) is 9.64. The van der Waals surface area contributed by atoms with Gasteiger partial charge in [0.1, 0.15) is 11.5 Å². The quantitative estimate of drug-likeness (QED) is 0.381. The molecule has 0 saturated carbocycles. The molecule has 128 valence electrons. The van der Waals surface area contributed by atoms with Crippen molar-refractivity contribution < 1.29 is 19.4 Å². The number of carbonyl (C=O) groups excluding carboxylic acids is 1. The maximum absolute atomic E-state index is 12.1. The highest BCUT2D eigenvalue weighted by Gasteiger charge is 2.30. The summed E-state index contributed by atoms with van der Waals surface area (Å²) < 4.78 is 11.0. The highest BCUT2D eigenvalue weighted by atomic mass is 16.5. The molecule has 4 nitrogen and oxygen atoms in total. The van der Waals surface area contributed by atoms with Gasteiger partial charge in [0, 0.05) is 11.1 Å². The van der Waals surface area contributed by atoms with Crippen molar-refractivity contribution in [1.29, 1.82) is 0 Å². The largest absolute Gasteiger partial charge is 0.502 e. The van der Waals surface area contributed by atoms with Gasteiger partial charge in [-0.2, -0.15) is 0 Å². The number of aliphatic hydroxyl groups excluding tert-OH is 1. The van der Waals surface area contributed by atoms with Crippen molar-refractivity contribution in [1.82, 2.24) is 0 Å². The number of hydrogen-bond donors (Lipinski definition) is 1. The van der Waals surface area contributed by atoms with Gasteiger partial charge in [0.15, 0.2) is 5.76 Å². The van der Waals surface area contributed by atoms with Crippen LogP contribution in [-0.2, 0) is 15.6 Å². The lowest BCUT2D eigenvalue weighted by atomic mass is 9.79. The molecule has 4 heteroatoms. The molecular formula is C19H28O4. The van der Waals surface area contributed by atoms with E-state index in [1.165, 1.54) is 6.08 Å². The number of aliphatic hydroxyl groups is 1. The molecule has 23 heavy (non-hydrogen) atoms. The van der Waals surface area contributed by atoms with Gasteiger partial charge >= 0.3 is 5.97 Å². The fourth-order valence-electron chi connectivity index (χ4n) is 2.21. The maximum Gasteiger partial charge on any atom is 0.378 e. The van der Waals surface area contributed by atoms with Crippen molar-refractivity contribution in [2.75, 3.05) is 7.11 Å². The van der Waals surface area contributed by atoms with Crippen molar-refractivity contribution in [2.24, 2.45) is 0 Å². The van der Waals surface area contributed by atoms with Crippen LogP contribution < -0.4 is 9.47 Å². The number of methoxy groups -OCH3 is 1. The zero-order chi connectivity index (χ0) is 18.0. The van der Waals surface area contributed by atoms with E-state index in [1.54, 1.807) is 14.0 Å². The van der Waals surface area contributed by atoms with E-state index in [1.807, 2.05) is 53.7 Å². The van der Waals surface area contributed by atoms with Crippen molar-refractivity contribution in [3.05, 3.63) is 35.1 Å². The van der Waals surface area contributed by atoms with Crippen LogP contribution in [0.25, 0.3) is 0 Å². The van der Waals surface area contributed by atoms with E-state index >= 15 is 0 Å². The molecule has 1 aromatic carbocycles. The highest BCUT2D eigenvalue weighted by Crippen LogP contribution is 2.42. The average Bonchev–Trinajstić information content (AvgIpc) is 2.43. The van der Waals surface area contributed by atoms with E-state index in [0.29, 0.717) is 5.75 Å². The number of allylic oxidation sites excluding steroid dienone is 1. The molecule has 0 bridgehead atoms. The normalized spacial score (nSPS) is 13.0. The lowest BCUT2D eigenvalue weighted by Gasteiger charge is -2.29. The molecule has 0 radical (unpaired) electrons. The molecule has 1 aromatic rings. The van der Waals surface area contributed by atoms with E-state index in [0.717, 1.165) is 16.9 Å². The first kappa shape index (κ1) is 19.1. The summed E-state index contributed by atoms with van der Waals surface area (Å²) in [6.07, 6.45) is 1.32. The van der Waals surface area contributed by atoms with Crippen molar-refractivity contribution in [3.8, 4) is 11.5 Å². The molecule has 1 N–H and O–H groups in total. The van der Waals surface area contributed by atoms with Gasteiger partial charge in [0.05, 0.1) is 7.11 Å². The van der Waals surface area contributed by atoms with Crippen LogP contribution in [0.3, 0.4) is 0 Å². The van der Waals surface area contributed by atoms with Crippen LogP contribution >= 0.6 is 0 Å². The van der Waals surface area contributed by atoms with E-state index in [9.17, 15) is 9.90 Å². The van der Waals surface area contributed by atoms with Gasteiger partial charge in [-0.25, -0.2) is 4.79 Å². The number of hydrogen-bond acceptors (Lipinski definition) is 4. The number of benzene rings is 1. The second kappa shape index (κ2) is 6.65. The molecule has 0 fully saturated rings. The van der Waals surface area contributed by atoms with Crippen molar-refractivity contribution in [3.63, 3.8) is 0 Å². The third-order valence-electron chi connectivity index (χ3n) is 3.59. The summed E-state index contributed by atoms with van der Waals surface area (Å²) in [5.41, 5.74) is 1.21. The lowest BCUT2D eigenvalue weighted by molar-refractivity contribution is -0.133. The summed E-state index contributed by atoms with van der Waals surface area (Å²) >= 11 is 0. The predicted molar refractivity (Wildman–Crippen MR) is 92.4 cm³/mol. The summed E-state index contributed by atoms with van der Waals surface area (Å²) in [6.45, 7) is 13.8. The Bertz CT molecular complexity index is 578. The van der Waals surface area contributed by atoms with Crippen molar-refractivity contribution in [2.45, 2.75) is 59.3 Å². The Morgan fingerprint density at radius 2 is 1.48 bits per heavy atom. The molecule has 0 aliphatic heterocycles. The zero-order valence-electron chi connectivity index (χ0n) is 15.4. The Balaban J connectivity index is 3.65. The Kier molecular flexibility index (Phi) is 5.51. The van der Waals surface area contributed by atoms with Gasteiger partial charge in [-0.3, -0.25) is 0 Å². The smallest absolute Gasteiger partial charge is 0.378 e. The van der Waals surface area contributed by atoms with Gasteiger partial charge < -0.3 is 14.6 Å². The first-order valence-electron chi connectivity index (χ1n) is 7.72. The first-order valence-corrected chi connectivity index (χ1v) is 7.72. The molecule has 0 atom stereocenters. The molecule has 0 saturated heterocycles. The molecular weight excluding hydrogens is 292 g/mol. The van der Waals surface area contributed by atoms with E-state index in [2.05, 4.69) is 0 Å². The van der Waals surface area contributed by atoms with Gasteiger partial charge in [-0.05, 0) is 36.0 Å².